The molecule has 1 fully saturated rings. The lowest BCUT2D eigenvalue weighted by Gasteiger charge is -2.27. The molecule has 1 aromatic carbocycles. The summed E-state index contributed by atoms with van der Waals surface area (Å²) >= 11 is 1.28. The number of amides is 2. The number of nitrogens with one attached hydrogen (secondary N) is 2. The molecule has 1 saturated heterocycles. The van der Waals surface area contributed by atoms with Crippen LogP contribution in [0.25, 0.3) is 0 Å². The Morgan fingerprint density at radius 3 is 2.72 bits per heavy atom. The number of hydrogen-bond donors (Lipinski definition) is 2. The average Bonchev–Trinajstić information content (AvgIpc) is 2.59. The number of para-hydroxylation sites is 2. The van der Waals surface area contributed by atoms with Gasteiger partial charge >= 0.3 is 5.97 Å². The summed E-state index contributed by atoms with van der Waals surface area (Å²) in [5.41, 5.74) is 0.569. The Labute approximate surface area is 150 Å². The minimum Gasteiger partial charge on any atom is -0.492 e. The molecule has 2 N–H and O–H groups in total. The summed E-state index contributed by atoms with van der Waals surface area (Å²) in [6.07, 6.45) is 0.0203. The maximum absolute atomic E-state index is 12.2. The van der Waals surface area contributed by atoms with Crippen LogP contribution in [-0.4, -0.2) is 48.0 Å². The molecule has 0 aliphatic carbocycles. The molecule has 2 rings (SSSR count). The number of carbonyl (C=O) groups is 3. The molecule has 1 heterocycles. The molecule has 2 amide bonds. The maximum atomic E-state index is 12.2. The van der Waals surface area contributed by atoms with Gasteiger partial charge in [-0.25, -0.2) is 4.79 Å². The van der Waals surface area contributed by atoms with E-state index in [2.05, 4.69) is 10.6 Å². The van der Waals surface area contributed by atoms with Crippen molar-refractivity contribution in [2.24, 2.45) is 0 Å². The van der Waals surface area contributed by atoms with Crippen molar-refractivity contribution in [3.05, 3.63) is 24.3 Å². The molecule has 1 aromatic rings. The molecule has 0 spiro atoms. The minimum absolute atomic E-state index is 0.0203. The first kappa shape index (κ1) is 19.1. The zero-order valence-electron chi connectivity index (χ0n) is 14.2. The van der Waals surface area contributed by atoms with Crippen molar-refractivity contribution in [2.75, 3.05) is 24.3 Å². The van der Waals surface area contributed by atoms with Crippen LogP contribution in [0, 0.1) is 0 Å². The van der Waals surface area contributed by atoms with Gasteiger partial charge in [0.25, 0.3) is 0 Å². The van der Waals surface area contributed by atoms with E-state index in [1.165, 1.54) is 11.8 Å². The molecule has 8 heteroatoms. The molecular formula is C17H22N2O5S. The first-order chi connectivity index (χ1) is 12.0. The van der Waals surface area contributed by atoms with Gasteiger partial charge in [0, 0.05) is 12.2 Å². The van der Waals surface area contributed by atoms with Crippen LogP contribution in [0.5, 0.6) is 5.75 Å². The summed E-state index contributed by atoms with van der Waals surface area (Å²) in [5.74, 6) is -0.0896. The Bertz CT molecular complexity index is 637. The van der Waals surface area contributed by atoms with E-state index in [0.29, 0.717) is 23.8 Å². The van der Waals surface area contributed by atoms with Crippen molar-refractivity contribution in [1.29, 1.82) is 0 Å². The molecule has 0 saturated carbocycles. The predicted molar refractivity (Wildman–Crippen MR) is 95.7 cm³/mol. The molecule has 7 nitrogen and oxygen atoms in total. The first-order valence-corrected chi connectivity index (χ1v) is 9.20. The van der Waals surface area contributed by atoms with E-state index in [1.54, 1.807) is 25.1 Å². The molecule has 136 valence electrons. The monoisotopic (exact) mass is 366 g/mol. The fourth-order valence-electron chi connectivity index (χ4n) is 2.34. The number of benzene rings is 1. The van der Waals surface area contributed by atoms with Crippen LogP contribution in [0.3, 0.4) is 0 Å². The van der Waals surface area contributed by atoms with Crippen LogP contribution in [0.4, 0.5) is 5.69 Å². The lowest BCUT2D eigenvalue weighted by molar-refractivity contribution is -0.146. The maximum Gasteiger partial charge on any atom is 0.329 e. The molecule has 1 aliphatic rings. The third-order valence-electron chi connectivity index (χ3n) is 3.48. The topological polar surface area (TPSA) is 93.7 Å². The minimum atomic E-state index is -0.657. The lowest BCUT2D eigenvalue weighted by atomic mass is 10.2. The Kier molecular flexibility index (Phi) is 7.12. The van der Waals surface area contributed by atoms with Crippen molar-refractivity contribution in [3.8, 4) is 5.75 Å². The van der Waals surface area contributed by atoms with Crippen molar-refractivity contribution in [2.45, 2.75) is 31.6 Å². The van der Waals surface area contributed by atoms with Crippen LogP contribution < -0.4 is 15.4 Å². The standard InChI is InChI=1S/C17H22N2O5S/c1-3-23-13-8-6-5-7-11(13)18-15(20)9-14-16(21)19-12(10-25-14)17(22)24-4-2/h5-8,12,14H,3-4,9-10H2,1-2H3,(H,18,20)(H,19,21)/t12-,14-/m1/s1. The third kappa shape index (κ3) is 5.38. The molecule has 0 radical (unpaired) electrons. The number of hydrogen-bond acceptors (Lipinski definition) is 6. The molecule has 0 unspecified atom stereocenters. The van der Waals surface area contributed by atoms with Crippen molar-refractivity contribution in [1.82, 2.24) is 5.32 Å². The van der Waals surface area contributed by atoms with Gasteiger partial charge in [0.15, 0.2) is 0 Å². The highest BCUT2D eigenvalue weighted by atomic mass is 32.2. The number of ether oxygens (including phenoxy) is 2. The highest BCUT2D eigenvalue weighted by Gasteiger charge is 2.34. The normalized spacial score (nSPS) is 19.7. The van der Waals surface area contributed by atoms with E-state index < -0.39 is 17.3 Å². The highest BCUT2D eigenvalue weighted by Crippen LogP contribution is 2.26. The van der Waals surface area contributed by atoms with Crippen molar-refractivity contribution < 1.29 is 23.9 Å². The summed E-state index contributed by atoms with van der Waals surface area (Å²) in [6.45, 7) is 4.33. The van der Waals surface area contributed by atoms with Crippen LogP contribution in [0.15, 0.2) is 24.3 Å². The summed E-state index contributed by atoms with van der Waals surface area (Å²) < 4.78 is 10.4. The largest absolute Gasteiger partial charge is 0.492 e. The molecule has 1 aliphatic heterocycles. The van der Waals surface area contributed by atoms with Gasteiger partial charge in [-0.3, -0.25) is 9.59 Å². The van der Waals surface area contributed by atoms with Crippen LogP contribution in [0.2, 0.25) is 0 Å². The van der Waals surface area contributed by atoms with Crippen LogP contribution in [-0.2, 0) is 19.1 Å². The van der Waals surface area contributed by atoms with Gasteiger partial charge in [-0.2, -0.15) is 0 Å². The third-order valence-corrected chi connectivity index (χ3v) is 4.78. The van der Waals surface area contributed by atoms with Crippen LogP contribution >= 0.6 is 11.8 Å². The second kappa shape index (κ2) is 9.31. The highest BCUT2D eigenvalue weighted by molar-refractivity contribution is 8.00. The number of rotatable bonds is 7. The zero-order chi connectivity index (χ0) is 18.2. The number of thioether (sulfide) groups is 1. The smallest absolute Gasteiger partial charge is 0.329 e. The Balaban J connectivity index is 1.89. The number of anilines is 1. The quantitative estimate of drug-likeness (QED) is 0.712. The number of carbonyl (C=O) groups excluding carboxylic acids is 3. The first-order valence-electron chi connectivity index (χ1n) is 8.15. The second-order valence-corrected chi connectivity index (χ2v) is 6.55. The van der Waals surface area contributed by atoms with Gasteiger partial charge in [0.1, 0.15) is 11.8 Å². The van der Waals surface area contributed by atoms with Crippen LogP contribution in [0.1, 0.15) is 20.3 Å². The van der Waals surface area contributed by atoms with Gasteiger partial charge in [0.2, 0.25) is 11.8 Å². The number of esters is 1. The average molecular weight is 366 g/mol. The molecule has 2 atom stereocenters. The molecule has 25 heavy (non-hydrogen) atoms. The second-order valence-electron chi connectivity index (χ2n) is 5.32. The summed E-state index contributed by atoms with van der Waals surface area (Å²) in [7, 11) is 0. The van der Waals surface area contributed by atoms with E-state index in [-0.39, 0.29) is 24.8 Å². The Morgan fingerprint density at radius 1 is 1.28 bits per heavy atom. The summed E-state index contributed by atoms with van der Waals surface area (Å²) in [5, 5.41) is 4.84. The van der Waals surface area contributed by atoms with E-state index in [9.17, 15) is 14.4 Å². The van der Waals surface area contributed by atoms with E-state index >= 15 is 0 Å². The fourth-order valence-corrected chi connectivity index (χ4v) is 3.47. The molecule has 0 bridgehead atoms. The van der Waals surface area contributed by atoms with Gasteiger partial charge in [-0.15, -0.1) is 11.8 Å². The Hall–Kier alpha value is -2.22. The summed E-state index contributed by atoms with van der Waals surface area (Å²) in [4.78, 5) is 36.0. The molecule has 0 aromatic heterocycles. The SMILES string of the molecule is CCOC(=O)[C@H]1CS[C@H](CC(=O)Nc2ccccc2OCC)C(=O)N1. The van der Waals surface area contributed by atoms with Gasteiger partial charge in [-0.05, 0) is 26.0 Å². The van der Waals surface area contributed by atoms with Gasteiger partial charge < -0.3 is 20.1 Å². The lowest BCUT2D eigenvalue weighted by Crippen LogP contribution is -2.51. The molecular weight excluding hydrogens is 344 g/mol. The van der Waals surface area contributed by atoms with Crippen molar-refractivity contribution >= 4 is 35.2 Å². The Morgan fingerprint density at radius 2 is 2.04 bits per heavy atom. The van der Waals surface area contributed by atoms with E-state index in [1.807, 2.05) is 13.0 Å². The van der Waals surface area contributed by atoms with E-state index in [4.69, 9.17) is 9.47 Å². The van der Waals surface area contributed by atoms with Gasteiger partial charge in [-0.1, -0.05) is 12.1 Å². The van der Waals surface area contributed by atoms with E-state index in [0.717, 1.165) is 0 Å². The predicted octanol–water partition coefficient (Wildman–Crippen LogP) is 1.58. The summed E-state index contributed by atoms with van der Waals surface area (Å²) in [6, 6.07) is 6.47. The zero-order valence-corrected chi connectivity index (χ0v) is 15.1. The van der Waals surface area contributed by atoms with Gasteiger partial charge in [0.05, 0.1) is 24.2 Å². The van der Waals surface area contributed by atoms with Crippen molar-refractivity contribution in [3.63, 3.8) is 0 Å². The fraction of sp³-hybridized carbons (Fsp3) is 0.471.